The third-order valence-corrected chi connectivity index (χ3v) is 3.89. The fourth-order valence-corrected chi connectivity index (χ4v) is 2.42. The zero-order valence-corrected chi connectivity index (χ0v) is 13.7. The predicted octanol–water partition coefficient (Wildman–Crippen LogP) is 2.71. The summed E-state index contributed by atoms with van der Waals surface area (Å²) in [6, 6.07) is 12.4. The number of aromatic hydroxyl groups is 1. The molecule has 1 atom stereocenters. The van der Waals surface area contributed by atoms with Gasteiger partial charge < -0.3 is 15.6 Å². The highest BCUT2D eigenvalue weighted by atomic mass is 127. The van der Waals surface area contributed by atoms with Crippen molar-refractivity contribution in [1.29, 1.82) is 0 Å². The standard InChI is InChI=1S/C16H16INO3/c1-21-16(20)14(18)9-10-2-7-15(19)13(8-10)11-3-5-12(17)6-4-11/h2-8,14,19H,9,18H2,1H3/t14-/m0/s1. The van der Waals surface area contributed by atoms with Gasteiger partial charge in [-0.2, -0.15) is 0 Å². The van der Waals surface area contributed by atoms with Crippen LogP contribution in [0.4, 0.5) is 0 Å². The molecular formula is C16H16INO3. The molecule has 2 aromatic carbocycles. The van der Waals surface area contributed by atoms with Crippen LogP contribution in [0.15, 0.2) is 42.5 Å². The van der Waals surface area contributed by atoms with Crippen molar-refractivity contribution in [2.24, 2.45) is 5.73 Å². The Kier molecular flexibility index (Phi) is 5.19. The summed E-state index contributed by atoms with van der Waals surface area (Å²) in [5, 5.41) is 10.0. The lowest BCUT2D eigenvalue weighted by molar-refractivity contribution is -0.142. The van der Waals surface area contributed by atoms with E-state index in [1.807, 2.05) is 30.3 Å². The molecule has 110 valence electrons. The molecule has 3 N–H and O–H groups in total. The number of hydrogen-bond donors (Lipinski definition) is 2. The minimum atomic E-state index is -0.705. The lowest BCUT2D eigenvalue weighted by Crippen LogP contribution is -2.33. The Balaban J connectivity index is 2.29. The Bertz CT molecular complexity index is 640. The first-order valence-corrected chi connectivity index (χ1v) is 7.50. The van der Waals surface area contributed by atoms with Crippen molar-refractivity contribution in [2.45, 2.75) is 12.5 Å². The van der Waals surface area contributed by atoms with Crippen LogP contribution in [-0.2, 0) is 16.0 Å². The molecule has 0 saturated heterocycles. The van der Waals surface area contributed by atoms with Crippen LogP contribution >= 0.6 is 22.6 Å². The average molecular weight is 397 g/mol. The molecule has 0 saturated carbocycles. The number of esters is 1. The summed E-state index contributed by atoms with van der Waals surface area (Å²) < 4.78 is 5.75. The second kappa shape index (κ2) is 6.91. The maximum atomic E-state index is 11.4. The predicted molar refractivity (Wildman–Crippen MR) is 90.0 cm³/mol. The normalized spacial score (nSPS) is 12.0. The highest BCUT2D eigenvalue weighted by Crippen LogP contribution is 2.30. The Morgan fingerprint density at radius 2 is 1.95 bits per heavy atom. The number of phenolic OH excluding ortho intramolecular Hbond substituents is 1. The number of benzene rings is 2. The van der Waals surface area contributed by atoms with Gasteiger partial charge in [-0.05, 0) is 64.4 Å². The molecule has 0 unspecified atom stereocenters. The van der Waals surface area contributed by atoms with Crippen LogP contribution in [0.2, 0.25) is 0 Å². The summed E-state index contributed by atoms with van der Waals surface area (Å²) in [5.74, 6) is -0.245. The van der Waals surface area contributed by atoms with E-state index in [0.717, 1.165) is 20.3 Å². The third kappa shape index (κ3) is 3.95. The van der Waals surface area contributed by atoms with Gasteiger partial charge in [0.2, 0.25) is 0 Å². The molecule has 0 amide bonds. The van der Waals surface area contributed by atoms with Crippen molar-refractivity contribution in [2.75, 3.05) is 7.11 Å². The van der Waals surface area contributed by atoms with E-state index in [9.17, 15) is 9.90 Å². The zero-order valence-electron chi connectivity index (χ0n) is 11.5. The molecule has 0 radical (unpaired) electrons. The van der Waals surface area contributed by atoms with Crippen LogP contribution in [0.1, 0.15) is 5.56 Å². The van der Waals surface area contributed by atoms with Gasteiger partial charge in [-0.1, -0.05) is 18.2 Å². The third-order valence-electron chi connectivity index (χ3n) is 3.18. The smallest absolute Gasteiger partial charge is 0.322 e. The molecule has 0 aliphatic heterocycles. The molecule has 0 aliphatic carbocycles. The van der Waals surface area contributed by atoms with Gasteiger partial charge in [0, 0.05) is 9.13 Å². The van der Waals surface area contributed by atoms with Gasteiger partial charge in [-0.25, -0.2) is 0 Å². The molecule has 0 spiro atoms. The highest BCUT2D eigenvalue weighted by molar-refractivity contribution is 14.1. The van der Waals surface area contributed by atoms with E-state index >= 15 is 0 Å². The number of ether oxygens (including phenoxy) is 1. The monoisotopic (exact) mass is 397 g/mol. The highest BCUT2D eigenvalue weighted by Gasteiger charge is 2.15. The summed E-state index contributed by atoms with van der Waals surface area (Å²) in [4.78, 5) is 11.4. The van der Waals surface area contributed by atoms with Gasteiger partial charge in [0.05, 0.1) is 7.11 Å². The zero-order chi connectivity index (χ0) is 15.4. The fraction of sp³-hybridized carbons (Fsp3) is 0.188. The molecule has 5 heteroatoms. The maximum Gasteiger partial charge on any atom is 0.322 e. The molecule has 2 aromatic rings. The lowest BCUT2D eigenvalue weighted by Gasteiger charge is -2.12. The molecule has 21 heavy (non-hydrogen) atoms. The summed E-state index contributed by atoms with van der Waals surface area (Å²) in [6.07, 6.45) is 0.365. The van der Waals surface area contributed by atoms with E-state index in [-0.39, 0.29) is 5.75 Å². The largest absolute Gasteiger partial charge is 0.507 e. The van der Waals surface area contributed by atoms with Gasteiger partial charge in [0.15, 0.2) is 0 Å². The number of carbonyl (C=O) groups is 1. The molecule has 0 bridgehead atoms. The first-order valence-electron chi connectivity index (χ1n) is 6.42. The van der Waals surface area contributed by atoms with Crippen molar-refractivity contribution >= 4 is 28.6 Å². The SMILES string of the molecule is COC(=O)[C@@H](N)Cc1ccc(O)c(-c2ccc(I)cc2)c1. The molecule has 2 rings (SSSR count). The Hall–Kier alpha value is -1.60. The molecule has 0 heterocycles. The maximum absolute atomic E-state index is 11.4. The summed E-state index contributed by atoms with van der Waals surface area (Å²) >= 11 is 2.23. The molecule has 0 fully saturated rings. The van der Waals surface area contributed by atoms with E-state index in [4.69, 9.17) is 5.73 Å². The van der Waals surface area contributed by atoms with E-state index < -0.39 is 12.0 Å². The van der Waals surface area contributed by atoms with Crippen LogP contribution in [0.5, 0.6) is 5.75 Å². The van der Waals surface area contributed by atoms with Gasteiger partial charge in [0.25, 0.3) is 0 Å². The molecule has 0 aliphatic rings. The number of carbonyl (C=O) groups excluding carboxylic acids is 1. The summed E-state index contributed by atoms with van der Waals surface area (Å²) in [7, 11) is 1.32. The minimum absolute atomic E-state index is 0.201. The van der Waals surface area contributed by atoms with E-state index in [2.05, 4.69) is 27.3 Å². The van der Waals surface area contributed by atoms with Crippen LogP contribution in [0.3, 0.4) is 0 Å². The summed E-state index contributed by atoms with van der Waals surface area (Å²) in [5.41, 5.74) is 8.28. The second-order valence-corrected chi connectivity index (χ2v) is 5.94. The van der Waals surface area contributed by atoms with Gasteiger partial charge >= 0.3 is 5.97 Å². The first kappa shape index (κ1) is 15.8. The van der Waals surface area contributed by atoms with Crippen molar-refractivity contribution < 1.29 is 14.6 Å². The van der Waals surface area contributed by atoms with Crippen molar-refractivity contribution in [3.05, 3.63) is 51.6 Å². The quantitative estimate of drug-likeness (QED) is 0.615. The average Bonchev–Trinajstić information content (AvgIpc) is 2.49. The molecule has 0 aromatic heterocycles. The van der Waals surface area contributed by atoms with Crippen molar-refractivity contribution in [3.63, 3.8) is 0 Å². The number of halogens is 1. The lowest BCUT2D eigenvalue weighted by atomic mass is 9.99. The minimum Gasteiger partial charge on any atom is -0.507 e. The first-order chi connectivity index (χ1) is 10.0. The van der Waals surface area contributed by atoms with Gasteiger partial charge in [0.1, 0.15) is 11.8 Å². The number of hydrogen-bond acceptors (Lipinski definition) is 4. The number of nitrogens with two attached hydrogens (primary N) is 1. The number of rotatable bonds is 4. The Morgan fingerprint density at radius 3 is 2.57 bits per heavy atom. The van der Waals surface area contributed by atoms with Gasteiger partial charge in [-0.15, -0.1) is 0 Å². The molecular weight excluding hydrogens is 381 g/mol. The Morgan fingerprint density at radius 1 is 1.29 bits per heavy atom. The number of methoxy groups -OCH3 is 1. The molecule has 4 nitrogen and oxygen atoms in total. The van der Waals surface area contributed by atoms with E-state index in [0.29, 0.717) is 6.42 Å². The number of phenols is 1. The topological polar surface area (TPSA) is 72.5 Å². The van der Waals surface area contributed by atoms with E-state index in [1.54, 1.807) is 12.1 Å². The fourth-order valence-electron chi connectivity index (χ4n) is 2.06. The van der Waals surface area contributed by atoms with Crippen molar-refractivity contribution in [1.82, 2.24) is 0 Å². The van der Waals surface area contributed by atoms with Gasteiger partial charge in [-0.3, -0.25) is 4.79 Å². The van der Waals surface area contributed by atoms with Crippen LogP contribution in [0, 0.1) is 3.57 Å². The van der Waals surface area contributed by atoms with Crippen LogP contribution in [-0.4, -0.2) is 24.2 Å². The van der Waals surface area contributed by atoms with E-state index in [1.165, 1.54) is 7.11 Å². The second-order valence-electron chi connectivity index (χ2n) is 4.69. The summed E-state index contributed by atoms with van der Waals surface area (Å²) in [6.45, 7) is 0. The Labute approximate surface area is 137 Å². The van der Waals surface area contributed by atoms with Crippen molar-refractivity contribution in [3.8, 4) is 16.9 Å². The van der Waals surface area contributed by atoms with Crippen LogP contribution < -0.4 is 5.73 Å². The van der Waals surface area contributed by atoms with Crippen LogP contribution in [0.25, 0.3) is 11.1 Å².